The van der Waals surface area contributed by atoms with Gasteiger partial charge in [0, 0.05) is 38.3 Å². The average Bonchev–Trinajstić information content (AvgIpc) is 2.45. The summed E-state index contributed by atoms with van der Waals surface area (Å²) in [5, 5.41) is 3.24. The molecule has 1 saturated carbocycles. The molecule has 0 aromatic heterocycles. The van der Waals surface area contributed by atoms with Crippen LogP contribution in [0.1, 0.15) is 32.1 Å². The highest BCUT2D eigenvalue weighted by Crippen LogP contribution is 2.42. The lowest BCUT2D eigenvalue weighted by atomic mass is 9.76. The van der Waals surface area contributed by atoms with Gasteiger partial charge in [-0.05, 0) is 32.1 Å². The van der Waals surface area contributed by atoms with Gasteiger partial charge in [-0.25, -0.2) is 0 Å². The molecule has 3 aliphatic rings. The Morgan fingerprint density at radius 3 is 2.23 bits per heavy atom. The third-order valence-corrected chi connectivity index (χ3v) is 7.43. The summed E-state index contributed by atoms with van der Waals surface area (Å²) >= 11 is 0. The fourth-order valence-electron chi connectivity index (χ4n) is 3.75. The van der Waals surface area contributed by atoms with Crippen LogP contribution < -0.4 is 5.32 Å². The first kappa shape index (κ1) is 16.5. The van der Waals surface area contributed by atoms with Gasteiger partial charge in [-0.1, -0.05) is 0 Å². The van der Waals surface area contributed by atoms with Crippen LogP contribution in [0.4, 0.5) is 13.2 Å². The molecule has 3 fully saturated rings. The molecule has 5 nitrogen and oxygen atoms in total. The van der Waals surface area contributed by atoms with Crippen molar-refractivity contribution in [2.75, 3.05) is 32.7 Å². The summed E-state index contributed by atoms with van der Waals surface area (Å²) in [6, 6.07) is 0. The Kier molecular flexibility index (Phi) is 4.20. The molecule has 1 aliphatic carbocycles. The Balaban J connectivity index is 1.71. The number of piperidine rings is 1. The molecule has 0 radical (unpaired) electrons. The first-order chi connectivity index (χ1) is 10.3. The molecule has 0 bridgehead atoms. The number of piperazine rings is 1. The molecule has 9 heteroatoms. The number of hydrogen-bond donors (Lipinski definition) is 1. The molecule has 1 spiro atoms. The van der Waals surface area contributed by atoms with Crippen molar-refractivity contribution >= 4 is 10.2 Å². The molecule has 2 aliphatic heterocycles. The normalized spacial score (nSPS) is 28.7. The van der Waals surface area contributed by atoms with Crippen LogP contribution >= 0.6 is 0 Å². The highest BCUT2D eigenvalue weighted by molar-refractivity contribution is 7.86. The molecule has 2 saturated heterocycles. The van der Waals surface area contributed by atoms with E-state index in [1.807, 2.05) is 0 Å². The predicted octanol–water partition coefficient (Wildman–Crippen LogP) is 1.33. The maximum Gasteiger partial charge on any atom is 0.391 e. The molecule has 3 rings (SSSR count). The van der Waals surface area contributed by atoms with Crippen molar-refractivity contribution in [1.82, 2.24) is 13.9 Å². The number of rotatable bonds is 2. The second-order valence-electron chi connectivity index (χ2n) is 6.55. The van der Waals surface area contributed by atoms with Gasteiger partial charge < -0.3 is 5.32 Å². The van der Waals surface area contributed by atoms with Crippen LogP contribution in [0.2, 0.25) is 0 Å². The number of alkyl halides is 3. The van der Waals surface area contributed by atoms with Crippen molar-refractivity contribution < 1.29 is 21.6 Å². The molecule has 0 aromatic rings. The smallest absolute Gasteiger partial charge is 0.314 e. The summed E-state index contributed by atoms with van der Waals surface area (Å²) in [6.07, 6.45) is -1.83. The van der Waals surface area contributed by atoms with Crippen molar-refractivity contribution in [2.45, 2.75) is 43.8 Å². The van der Waals surface area contributed by atoms with Gasteiger partial charge in [0.25, 0.3) is 10.2 Å². The van der Waals surface area contributed by atoms with E-state index in [1.165, 1.54) is 4.31 Å². The zero-order chi connectivity index (χ0) is 16.0. The van der Waals surface area contributed by atoms with Gasteiger partial charge in [-0.3, -0.25) is 0 Å². The maximum atomic E-state index is 12.8. The molecule has 0 amide bonds. The van der Waals surface area contributed by atoms with Crippen LogP contribution in [0, 0.1) is 5.92 Å². The summed E-state index contributed by atoms with van der Waals surface area (Å²) in [7, 11) is -3.66. The molecule has 0 atom stereocenters. The van der Waals surface area contributed by atoms with Crippen LogP contribution in [-0.2, 0) is 10.2 Å². The Hall–Kier alpha value is -0.380. The van der Waals surface area contributed by atoms with Crippen LogP contribution in [0.3, 0.4) is 0 Å². The number of nitrogens with one attached hydrogen (secondary N) is 1. The molecule has 128 valence electrons. The minimum absolute atomic E-state index is 0.0352. The van der Waals surface area contributed by atoms with Gasteiger partial charge in [0.05, 0.1) is 5.92 Å². The van der Waals surface area contributed by atoms with Crippen LogP contribution in [0.15, 0.2) is 0 Å². The number of halogens is 3. The van der Waals surface area contributed by atoms with E-state index in [0.29, 0.717) is 19.6 Å². The lowest BCUT2D eigenvalue weighted by molar-refractivity contribution is -0.182. The van der Waals surface area contributed by atoms with E-state index in [4.69, 9.17) is 0 Å². The van der Waals surface area contributed by atoms with Gasteiger partial charge in [-0.15, -0.1) is 0 Å². The molecule has 0 unspecified atom stereocenters. The van der Waals surface area contributed by atoms with E-state index in [-0.39, 0.29) is 31.5 Å². The quantitative estimate of drug-likeness (QED) is 0.825. The lowest BCUT2D eigenvalue weighted by Crippen LogP contribution is -2.68. The third-order valence-electron chi connectivity index (χ3n) is 5.28. The molecule has 22 heavy (non-hydrogen) atoms. The predicted molar refractivity (Wildman–Crippen MR) is 75.4 cm³/mol. The molecular formula is C13H22F3N3O2S. The minimum Gasteiger partial charge on any atom is -0.314 e. The highest BCUT2D eigenvalue weighted by atomic mass is 32.2. The fraction of sp³-hybridized carbons (Fsp3) is 1.00. The van der Waals surface area contributed by atoms with Gasteiger partial charge >= 0.3 is 6.18 Å². The van der Waals surface area contributed by atoms with E-state index in [2.05, 4.69) is 5.32 Å². The van der Waals surface area contributed by atoms with Gasteiger partial charge in [0.1, 0.15) is 0 Å². The summed E-state index contributed by atoms with van der Waals surface area (Å²) in [5.74, 6) is -1.38. The Labute approximate surface area is 129 Å². The van der Waals surface area contributed by atoms with Crippen molar-refractivity contribution in [3.8, 4) is 0 Å². The first-order valence-electron chi connectivity index (χ1n) is 7.81. The van der Waals surface area contributed by atoms with Crippen LogP contribution in [-0.4, -0.2) is 61.5 Å². The second-order valence-corrected chi connectivity index (χ2v) is 8.40. The van der Waals surface area contributed by atoms with Crippen molar-refractivity contribution in [3.63, 3.8) is 0 Å². The number of hydrogen-bond acceptors (Lipinski definition) is 3. The molecule has 0 aromatic carbocycles. The Bertz CT molecular complexity index is 511. The first-order valence-corrected chi connectivity index (χ1v) is 9.21. The Morgan fingerprint density at radius 1 is 1.09 bits per heavy atom. The molecule has 2 heterocycles. The zero-order valence-electron chi connectivity index (χ0n) is 12.4. The van der Waals surface area contributed by atoms with E-state index in [0.717, 1.165) is 19.3 Å². The minimum atomic E-state index is -4.22. The zero-order valence-corrected chi connectivity index (χ0v) is 13.2. The van der Waals surface area contributed by atoms with Gasteiger partial charge in [0.15, 0.2) is 0 Å². The average molecular weight is 341 g/mol. The topological polar surface area (TPSA) is 52.7 Å². The van der Waals surface area contributed by atoms with Crippen LogP contribution in [0.25, 0.3) is 0 Å². The van der Waals surface area contributed by atoms with Gasteiger partial charge in [-0.2, -0.15) is 30.2 Å². The summed E-state index contributed by atoms with van der Waals surface area (Å²) in [6.45, 7) is 1.58. The van der Waals surface area contributed by atoms with E-state index < -0.39 is 22.3 Å². The molecule has 1 N–H and O–H groups in total. The maximum absolute atomic E-state index is 12.8. The van der Waals surface area contributed by atoms with E-state index in [9.17, 15) is 21.6 Å². The molecular weight excluding hydrogens is 319 g/mol. The second kappa shape index (κ2) is 5.61. The van der Waals surface area contributed by atoms with Crippen LogP contribution in [0.5, 0.6) is 0 Å². The Morgan fingerprint density at radius 2 is 1.73 bits per heavy atom. The SMILES string of the molecule is O=S(=O)(N1CCC(C(F)(F)F)CC1)N1CCNCC12CCC2. The third kappa shape index (κ3) is 2.76. The summed E-state index contributed by atoms with van der Waals surface area (Å²) in [4.78, 5) is 0. The number of nitrogens with zero attached hydrogens (tertiary/aromatic N) is 2. The van der Waals surface area contributed by atoms with Gasteiger partial charge in [0.2, 0.25) is 0 Å². The largest absolute Gasteiger partial charge is 0.391 e. The van der Waals surface area contributed by atoms with Crippen molar-refractivity contribution in [3.05, 3.63) is 0 Å². The highest BCUT2D eigenvalue weighted by Gasteiger charge is 2.52. The lowest BCUT2D eigenvalue weighted by Gasteiger charge is -2.53. The fourth-order valence-corrected chi connectivity index (χ4v) is 5.76. The van der Waals surface area contributed by atoms with E-state index in [1.54, 1.807) is 4.31 Å². The summed E-state index contributed by atoms with van der Waals surface area (Å²) < 4.78 is 66.7. The summed E-state index contributed by atoms with van der Waals surface area (Å²) in [5.41, 5.74) is -0.349. The monoisotopic (exact) mass is 341 g/mol. The standard InChI is InChI=1S/C13H22F3N3O2S/c14-13(15,16)11-2-7-18(8-3-11)22(20,21)19-9-6-17-10-12(19)4-1-5-12/h11,17H,1-10H2. The van der Waals surface area contributed by atoms with Crippen molar-refractivity contribution in [2.24, 2.45) is 5.92 Å². The van der Waals surface area contributed by atoms with Crippen molar-refractivity contribution in [1.29, 1.82) is 0 Å². The van der Waals surface area contributed by atoms with E-state index >= 15 is 0 Å².